The van der Waals surface area contributed by atoms with Crippen molar-refractivity contribution in [2.24, 2.45) is 0 Å². The van der Waals surface area contributed by atoms with Gasteiger partial charge in [0.25, 0.3) is 0 Å². The molecule has 4 aromatic carbocycles. The molecule has 6 aromatic rings. The molecular formula is C24H15NS2. The Morgan fingerprint density at radius 2 is 1.22 bits per heavy atom. The highest BCUT2D eigenvalue weighted by molar-refractivity contribution is 7.80. The number of aromatic nitrogens is 1. The van der Waals surface area contributed by atoms with E-state index >= 15 is 0 Å². The summed E-state index contributed by atoms with van der Waals surface area (Å²) >= 11 is 6.66. The summed E-state index contributed by atoms with van der Waals surface area (Å²) in [6.45, 7) is 0. The molecule has 0 saturated carbocycles. The molecule has 128 valence electrons. The van der Waals surface area contributed by atoms with E-state index in [4.69, 9.17) is 12.6 Å². The van der Waals surface area contributed by atoms with Crippen LogP contribution >= 0.6 is 24.0 Å². The van der Waals surface area contributed by atoms with Crippen molar-refractivity contribution in [3.8, 4) is 5.69 Å². The van der Waals surface area contributed by atoms with Crippen LogP contribution in [-0.4, -0.2) is 4.57 Å². The van der Waals surface area contributed by atoms with Crippen LogP contribution in [0.1, 0.15) is 0 Å². The van der Waals surface area contributed by atoms with Gasteiger partial charge in [-0.1, -0.05) is 54.6 Å². The first-order chi connectivity index (χ1) is 13.3. The van der Waals surface area contributed by atoms with Gasteiger partial charge in [0.2, 0.25) is 0 Å². The smallest absolute Gasteiger partial charge is 0.0541 e. The molecule has 0 aliphatic carbocycles. The Balaban J connectivity index is 1.79. The normalized spacial score (nSPS) is 11.9. The molecule has 1 nitrogen and oxygen atoms in total. The molecule has 0 unspecified atom stereocenters. The highest BCUT2D eigenvalue weighted by Crippen LogP contribution is 2.40. The summed E-state index contributed by atoms with van der Waals surface area (Å²) in [5, 5.41) is 5.14. The molecule has 2 heterocycles. The van der Waals surface area contributed by atoms with Crippen LogP contribution in [0.15, 0.2) is 89.8 Å². The molecule has 3 heteroatoms. The second-order valence-electron chi connectivity index (χ2n) is 6.81. The second kappa shape index (κ2) is 5.62. The monoisotopic (exact) mass is 381 g/mol. The van der Waals surface area contributed by atoms with Crippen LogP contribution in [0.5, 0.6) is 0 Å². The van der Waals surface area contributed by atoms with Crippen molar-refractivity contribution < 1.29 is 0 Å². The quantitative estimate of drug-likeness (QED) is 0.282. The molecule has 0 N–H and O–H groups in total. The Morgan fingerprint density at radius 1 is 0.630 bits per heavy atom. The molecule has 6 rings (SSSR count). The first-order valence-corrected chi connectivity index (χ1v) is 10.2. The standard InChI is InChI=1S/C24H15NS2/c26-22-14-15(13-19-18-9-3-6-12-23(18)27-24(19)22)25-20-10-4-1-7-16(20)17-8-2-5-11-21(17)25/h1-14,26H. The number of nitrogens with zero attached hydrogens (tertiary/aromatic N) is 1. The molecule has 0 atom stereocenters. The molecule has 0 amide bonds. The topological polar surface area (TPSA) is 4.93 Å². The lowest BCUT2D eigenvalue weighted by Gasteiger charge is -2.09. The van der Waals surface area contributed by atoms with E-state index in [1.165, 1.54) is 42.0 Å². The third-order valence-corrected chi connectivity index (χ3v) is 7.01. The van der Waals surface area contributed by atoms with Crippen LogP contribution in [0.25, 0.3) is 47.7 Å². The number of thiophene rings is 1. The molecule has 0 fully saturated rings. The van der Waals surface area contributed by atoms with Gasteiger partial charge in [0, 0.05) is 41.5 Å². The average molecular weight is 382 g/mol. The minimum atomic E-state index is 1.03. The molecular weight excluding hydrogens is 366 g/mol. The molecule has 0 bridgehead atoms. The van der Waals surface area contributed by atoms with E-state index < -0.39 is 0 Å². The van der Waals surface area contributed by atoms with E-state index in [2.05, 4.69) is 89.5 Å². The fraction of sp³-hybridized carbons (Fsp3) is 0. The Morgan fingerprint density at radius 3 is 1.93 bits per heavy atom. The number of rotatable bonds is 1. The van der Waals surface area contributed by atoms with Crippen molar-refractivity contribution in [2.75, 3.05) is 0 Å². The van der Waals surface area contributed by atoms with Crippen molar-refractivity contribution in [1.82, 2.24) is 4.57 Å². The minimum absolute atomic E-state index is 1.03. The molecule has 0 radical (unpaired) electrons. The van der Waals surface area contributed by atoms with E-state index in [-0.39, 0.29) is 0 Å². The van der Waals surface area contributed by atoms with Crippen LogP contribution < -0.4 is 0 Å². The Bertz CT molecular complexity index is 1430. The summed E-state index contributed by atoms with van der Waals surface area (Å²) < 4.78 is 4.92. The molecule has 2 aromatic heterocycles. The van der Waals surface area contributed by atoms with Crippen LogP contribution in [0.4, 0.5) is 0 Å². The van der Waals surface area contributed by atoms with Crippen LogP contribution in [0, 0.1) is 0 Å². The van der Waals surface area contributed by atoms with Gasteiger partial charge in [0.15, 0.2) is 0 Å². The van der Waals surface area contributed by atoms with Crippen molar-refractivity contribution in [2.45, 2.75) is 4.90 Å². The van der Waals surface area contributed by atoms with Gasteiger partial charge in [-0.2, -0.15) is 0 Å². The van der Waals surface area contributed by atoms with Crippen molar-refractivity contribution in [3.05, 3.63) is 84.9 Å². The van der Waals surface area contributed by atoms with Gasteiger partial charge in [0.05, 0.1) is 11.0 Å². The highest BCUT2D eigenvalue weighted by Gasteiger charge is 2.14. The lowest BCUT2D eigenvalue weighted by atomic mass is 10.1. The van der Waals surface area contributed by atoms with E-state index in [0.29, 0.717) is 0 Å². The van der Waals surface area contributed by atoms with Crippen LogP contribution in [0.2, 0.25) is 0 Å². The number of benzene rings is 4. The van der Waals surface area contributed by atoms with E-state index in [9.17, 15) is 0 Å². The van der Waals surface area contributed by atoms with Crippen molar-refractivity contribution in [3.63, 3.8) is 0 Å². The lowest BCUT2D eigenvalue weighted by Crippen LogP contribution is -1.93. The average Bonchev–Trinajstić information content (AvgIpc) is 3.24. The maximum absolute atomic E-state index is 4.85. The maximum atomic E-state index is 4.85. The van der Waals surface area contributed by atoms with Crippen LogP contribution in [0.3, 0.4) is 0 Å². The molecule has 0 aliphatic heterocycles. The maximum Gasteiger partial charge on any atom is 0.0541 e. The SMILES string of the molecule is Sc1cc(-n2c3ccccc3c3ccccc32)cc2c1sc1ccccc12. The summed E-state index contributed by atoms with van der Waals surface area (Å²) in [6, 6.07) is 30.4. The van der Waals surface area contributed by atoms with Gasteiger partial charge in [-0.25, -0.2) is 0 Å². The second-order valence-corrected chi connectivity index (χ2v) is 8.34. The molecule has 0 spiro atoms. The zero-order valence-corrected chi connectivity index (χ0v) is 16.1. The third-order valence-electron chi connectivity index (χ3n) is 5.28. The van der Waals surface area contributed by atoms with Gasteiger partial charge >= 0.3 is 0 Å². The summed E-state index contributed by atoms with van der Waals surface area (Å²) in [5.74, 6) is 0. The predicted octanol–water partition coefficient (Wildman–Crippen LogP) is 7.44. The number of thiol groups is 1. The fourth-order valence-electron chi connectivity index (χ4n) is 4.12. The zero-order chi connectivity index (χ0) is 18.0. The largest absolute Gasteiger partial charge is 0.309 e. The minimum Gasteiger partial charge on any atom is -0.309 e. The van der Waals surface area contributed by atoms with Gasteiger partial charge in [-0.3, -0.25) is 0 Å². The van der Waals surface area contributed by atoms with Crippen molar-refractivity contribution in [1.29, 1.82) is 0 Å². The van der Waals surface area contributed by atoms with Crippen LogP contribution in [-0.2, 0) is 0 Å². The summed E-state index contributed by atoms with van der Waals surface area (Å²) in [5.41, 5.74) is 3.61. The first-order valence-electron chi connectivity index (χ1n) is 8.94. The van der Waals surface area contributed by atoms with Gasteiger partial charge < -0.3 is 4.57 Å². The predicted molar refractivity (Wildman–Crippen MR) is 121 cm³/mol. The van der Waals surface area contributed by atoms with E-state index in [1.54, 1.807) is 0 Å². The molecule has 0 aliphatic rings. The molecule has 27 heavy (non-hydrogen) atoms. The lowest BCUT2D eigenvalue weighted by molar-refractivity contribution is 1.18. The Labute approximate surface area is 165 Å². The summed E-state index contributed by atoms with van der Waals surface area (Å²) in [7, 11) is 0. The number of hydrogen-bond donors (Lipinski definition) is 1. The Kier molecular flexibility index (Phi) is 3.19. The third kappa shape index (κ3) is 2.13. The summed E-state index contributed by atoms with van der Waals surface area (Å²) in [6.07, 6.45) is 0. The van der Waals surface area contributed by atoms with Crippen molar-refractivity contribution >= 4 is 65.9 Å². The number of fused-ring (bicyclic) bond motifs is 6. The Hall–Kier alpha value is -2.75. The fourth-order valence-corrected chi connectivity index (χ4v) is 5.61. The first kappa shape index (κ1) is 15.3. The van der Waals surface area contributed by atoms with E-state index in [0.717, 1.165) is 10.6 Å². The highest BCUT2D eigenvalue weighted by atomic mass is 32.1. The summed E-state index contributed by atoms with van der Waals surface area (Å²) in [4.78, 5) is 1.03. The number of para-hydroxylation sites is 2. The van der Waals surface area contributed by atoms with E-state index in [1.807, 2.05) is 11.3 Å². The van der Waals surface area contributed by atoms with Gasteiger partial charge in [0.1, 0.15) is 0 Å². The van der Waals surface area contributed by atoms with Gasteiger partial charge in [-0.05, 0) is 30.3 Å². The zero-order valence-electron chi connectivity index (χ0n) is 14.4. The molecule has 0 saturated heterocycles. The van der Waals surface area contributed by atoms with Gasteiger partial charge in [-0.15, -0.1) is 24.0 Å². The number of hydrogen-bond acceptors (Lipinski definition) is 2.